The summed E-state index contributed by atoms with van der Waals surface area (Å²) < 4.78 is 0. The van der Waals surface area contributed by atoms with Gasteiger partial charge in [-0.1, -0.05) is 38.5 Å². The standard InChI is InChI=1S/C15H30N2/c1-17(13-14-9-7-8-12-16-14)15-10-5-3-2-4-6-11-15/h14-16H,2-13H2,1H3. The zero-order valence-electron chi connectivity index (χ0n) is 11.6. The average Bonchev–Trinajstić information content (AvgIpc) is 2.29. The van der Waals surface area contributed by atoms with E-state index in [2.05, 4.69) is 17.3 Å². The molecule has 2 heteroatoms. The summed E-state index contributed by atoms with van der Waals surface area (Å²) in [5.74, 6) is 0. The fourth-order valence-electron chi connectivity index (χ4n) is 3.45. The maximum atomic E-state index is 3.68. The zero-order valence-corrected chi connectivity index (χ0v) is 11.6. The number of likely N-dealkylation sites (N-methyl/N-ethyl adjacent to an activating group) is 1. The molecule has 0 spiro atoms. The van der Waals surface area contributed by atoms with Gasteiger partial charge in [-0.25, -0.2) is 0 Å². The zero-order chi connectivity index (χ0) is 11.9. The third kappa shape index (κ3) is 4.59. The van der Waals surface area contributed by atoms with Crippen LogP contribution in [-0.4, -0.2) is 37.1 Å². The second-order valence-electron chi connectivity index (χ2n) is 6.09. The molecule has 0 aromatic heterocycles. The summed E-state index contributed by atoms with van der Waals surface area (Å²) in [5, 5.41) is 3.68. The first-order chi connectivity index (χ1) is 8.36. The average molecular weight is 238 g/mol. The highest BCUT2D eigenvalue weighted by molar-refractivity contribution is 4.79. The number of nitrogens with zero attached hydrogens (tertiary/aromatic N) is 1. The molecule has 1 aliphatic carbocycles. The molecule has 0 radical (unpaired) electrons. The molecular formula is C15H30N2. The molecule has 0 bridgehead atoms. The van der Waals surface area contributed by atoms with Crippen LogP contribution in [0.3, 0.4) is 0 Å². The van der Waals surface area contributed by atoms with Gasteiger partial charge in [-0.3, -0.25) is 0 Å². The van der Waals surface area contributed by atoms with Crippen LogP contribution in [0.25, 0.3) is 0 Å². The van der Waals surface area contributed by atoms with Gasteiger partial charge in [0.2, 0.25) is 0 Å². The molecule has 2 aliphatic rings. The molecule has 1 saturated carbocycles. The molecule has 2 nitrogen and oxygen atoms in total. The Kier molecular flexibility index (Phi) is 5.79. The van der Waals surface area contributed by atoms with Crippen molar-refractivity contribution in [3.63, 3.8) is 0 Å². The monoisotopic (exact) mass is 238 g/mol. The van der Waals surface area contributed by atoms with Gasteiger partial charge in [0.25, 0.3) is 0 Å². The summed E-state index contributed by atoms with van der Waals surface area (Å²) in [5.41, 5.74) is 0. The molecule has 0 amide bonds. The van der Waals surface area contributed by atoms with Crippen LogP contribution in [0.2, 0.25) is 0 Å². The highest BCUT2D eigenvalue weighted by Gasteiger charge is 2.20. The van der Waals surface area contributed by atoms with Crippen molar-refractivity contribution >= 4 is 0 Å². The van der Waals surface area contributed by atoms with Gasteiger partial charge in [0.1, 0.15) is 0 Å². The third-order valence-corrected chi connectivity index (χ3v) is 4.62. The second kappa shape index (κ2) is 7.38. The van der Waals surface area contributed by atoms with Crippen LogP contribution in [0.4, 0.5) is 0 Å². The second-order valence-corrected chi connectivity index (χ2v) is 6.09. The highest BCUT2D eigenvalue weighted by Crippen LogP contribution is 2.21. The summed E-state index contributed by atoms with van der Waals surface area (Å²) in [7, 11) is 2.35. The normalized spacial score (nSPS) is 28.9. The lowest BCUT2D eigenvalue weighted by Crippen LogP contribution is -2.45. The molecule has 2 rings (SSSR count). The van der Waals surface area contributed by atoms with Gasteiger partial charge >= 0.3 is 0 Å². The third-order valence-electron chi connectivity index (χ3n) is 4.62. The first-order valence-electron chi connectivity index (χ1n) is 7.80. The van der Waals surface area contributed by atoms with Gasteiger partial charge in [0.05, 0.1) is 0 Å². The topological polar surface area (TPSA) is 15.3 Å². The molecule has 1 heterocycles. The minimum Gasteiger partial charge on any atom is -0.313 e. The Morgan fingerprint density at radius 1 is 0.882 bits per heavy atom. The van der Waals surface area contributed by atoms with Crippen molar-refractivity contribution in [1.82, 2.24) is 10.2 Å². The fourth-order valence-corrected chi connectivity index (χ4v) is 3.45. The van der Waals surface area contributed by atoms with E-state index in [1.54, 1.807) is 0 Å². The summed E-state index contributed by atoms with van der Waals surface area (Å²) in [6.07, 6.45) is 14.4. The van der Waals surface area contributed by atoms with Crippen LogP contribution < -0.4 is 5.32 Å². The van der Waals surface area contributed by atoms with E-state index in [-0.39, 0.29) is 0 Å². The van der Waals surface area contributed by atoms with Crippen molar-refractivity contribution in [1.29, 1.82) is 0 Å². The molecule has 0 aromatic rings. The predicted octanol–water partition coefficient (Wildman–Crippen LogP) is 3.17. The largest absolute Gasteiger partial charge is 0.313 e. The summed E-state index contributed by atoms with van der Waals surface area (Å²) >= 11 is 0. The summed E-state index contributed by atoms with van der Waals surface area (Å²) in [6.45, 7) is 2.51. The van der Waals surface area contributed by atoms with E-state index in [4.69, 9.17) is 0 Å². The molecule has 17 heavy (non-hydrogen) atoms. The maximum Gasteiger partial charge on any atom is 0.0195 e. The van der Waals surface area contributed by atoms with Gasteiger partial charge in [0.15, 0.2) is 0 Å². The minimum atomic E-state index is 0.763. The maximum absolute atomic E-state index is 3.68. The number of nitrogens with one attached hydrogen (secondary N) is 1. The fraction of sp³-hybridized carbons (Fsp3) is 1.00. The van der Waals surface area contributed by atoms with Crippen LogP contribution in [-0.2, 0) is 0 Å². The Morgan fingerprint density at radius 3 is 2.18 bits per heavy atom. The van der Waals surface area contributed by atoms with Gasteiger partial charge in [0, 0.05) is 18.6 Å². The predicted molar refractivity (Wildman–Crippen MR) is 74.4 cm³/mol. The van der Waals surface area contributed by atoms with E-state index < -0.39 is 0 Å². The van der Waals surface area contributed by atoms with Gasteiger partial charge < -0.3 is 10.2 Å². The molecule has 100 valence electrons. The molecule has 0 aromatic carbocycles. The molecule has 1 atom stereocenters. The van der Waals surface area contributed by atoms with Crippen LogP contribution in [0.5, 0.6) is 0 Å². The van der Waals surface area contributed by atoms with Gasteiger partial charge in [-0.2, -0.15) is 0 Å². The van der Waals surface area contributed by atoms with Crippen molar-refractivity contribution in [2.75, 3.05) is 20.1 Å². The van der Waals surface area contributed by atoms with Crippen molar-refractivity contribution in [3.05, 3.63) is 0 Å². The van der Waals surface area contributed by atoms with E-state index in [1.165, 1.54) is 77.3 Å². The van der Waals surface area contributed by atoms with Crippen molar-refractivity contribution < 1.29 is 0 Å². The van der Waals surface area contributed by atoms with Crippen LogP contribution in [0, 0.1) is 0 Å². The van der Waals surface area contributed by atoms with Crippen molar-refractivity contribution in [2.24, 2.45) is 0 Å². The van der Waals surface area contributed by atoms with E-state index in [0.29, 0.717) is 0 Å². The number of hydrogen-bond donors (Lipinski definition) is 1. The van der Waals surface area contributed by atoms with E-state index in [0.717, 1.165) is 12.1 Å². The minimum absolute atomic E-state index is 0.763. The first-order valence-corrected chi connectivity index (χ1v) is 7.80. The Hall–Kier alpha value is -0.0800. The molecule has 1 unspecified atom stereocenters. The smallest absolute Gasteiger partial charge is 0.0195 e. The van der Waals surface area contributed by atoms with Crippen LogP contribution >= 0.6 is 0 Å². The quantitative estimate of drug-likeness (QED) is 0.812. The molecule has 1 aliphatic heterocycles. The van der Waals surface area contributed by atoms with Crippen LogP contribution in [0.1, 0.15) is 64.2 Å². The van der Waals surface area contributed by atoms with Crippen molar-refractivity contribution in [2.45, 2.75) is 76.3 Å². The van der Waals surface area contributed by atoms with E-state index in [1.807, 2.05) is 0 Å². The van der Waals surface area contributed by atoms with Crippen LogP contribution in [0.15, 0.2) is 0 Å². The molecule has 1 N–H and O–H groups in total. The van der Waals surface area contributed by atoms with Gasteiger partial charge in [-0.05, 0) is 39.3 Å². The molecule has 2 fully saturated rings. The Labute approximate surface area is 107 Å². The Balaban J connectivity index is 1.74. The van der Waals surface area contributed by atoms with E-state index in [9.17, 15) is 0 Å². The van der Waals surface area contributed by atoms with Gasteiger partial charge in [-0.15, -0.1) is 0 Å². The Bertz CT molecular complexity index is 191. The summed E-state index contributed by atoms with van der Waals surface area (Å²) in [6, 6.07) is 1.62. The number of rotatable bonds is 3. The number of piperidine rings is 1. The SMILES string of the molecule is CN(CC1CCCCN1)C1CCCCCCC1. The molecular weight excluding hydrogens is 208 g/mol. The Morgan fingerprint density at radius 2 is 1.53 bits per heavy atom. The van der Waals surface area contributed by atoms with Crippen molar-refractivity contribution in [3.8, 4) is 0 Å². The molecule has 1 saturated heterocycles. The highest BCUT2D eigenvalue weighted by atomic mass is 15.2. The lowest BCUT2D eigenvalue weighted by Gasteiger charge is -2.34. The summed E-state index contributed by atoms with van der Waals surface area (Å²) in [4.78, 5) is 2.65. The van der Waals surface area contributed by atoms with E-state index >= 15 is 0 Å². The number of hydrogen-bond acceptors (Lipinski definition) is 2. The lowest BCUT2D eigenvalue weighted by molar-refractivity contribution is 0.174. The lowest BCUT2D eigenvalue weighted by atomic mass is 9.95. The first kappa shape index (κ1) is 13.4.